The van der Waals surface area contributed by atoms with Gasteiger partial charge in [-0.1, -0.05) is 36.5 Å². The Balaban J connectivity index is 4.09. The first kappa shape index (κ1) is 19.9. The highest BCUT2D eigenvalue weighted by Gasteiger charge is 2.18. The highest BCUT2D eigenvalue weighted by atomic mass is 15.2. The highest BCUT2D eigenvalue weighted by Crippen LogP contribution is 2.13. The van der Waals surface area contributed by atoms with E-state index in [1.807, 2.05) is 12.2 Å². The number of unbranched alkanes of at least 4 members (excludes halogenated alkanes) is 4. The third kappa shape index (κ3) is 12.4. The van der Waals surface area contributed by atoms with E-state index in [4.69, 9.17) is 0 Å². The van der Waals surface area contributed by atoms with Gasteiger partial charge in [0.15, 0.2) is 0 Å². The van der Waals surface area contributed by atoms with Gasteiger partial charge in [-0.2, -0.15) is 0 Å². The maximum atomic E-state index is 3.75. The molecule has 0 atom stereocenters. The van der Waals surface area contributed by atoms with E-state index < -0.39 is 0 Å². The van der Waals surface area contributed by atoms with Gasteiger partial charge >= 0.3 is 0 Å². The second-order valence-electron chi connectivity index (χ2n) is 6.46. The molecule has 0 aromatic carbocycles. The van der Waals surface area contributed by atoms with E-state index in [0.29, 0.717) is 0 Å². The molecule has 0 rings (SSSR count). The Kier molecular flexibility index (Phi) is 12.0. The number of nitrogens with zero attached hydrogens (tertiary/aromatic N) is 1. The zero-order valence-electron chi connectivity index (χ0n) is 14.5. The number of allylic oxidation sites excluding steroid dienone is 4. The zero-order valence-corrected chi connectivity index (χ0v) is 14.5. The fourth-order valence-corrected chi connectivity index (χ4v) is 2.02. The Hall–Kier alpha value is -1.08. The van der Waals surface area contributed by atoms with E-state index in [0.717, 1.165) is 38.8 Å². The molecule has 0 amide bonds. The van der Waals surface area contributed by atoms with Gasteiger partial charge in [0.1, 0.15) is 0 Å². The minimum absolute atomic E-state index is 0.205. The van der Waals surface area contributed by atoms with Crippen LogP contribution in [0.3, 0.4) is 0 Å². The third-order valence-electron chi connectivity index (χ3n) is 3.49. The fourth-order valence-electron chi connectivity index (χ4n) is 2.02. The smallest absolute Gasteiger partial charge is 0.0171 e. The molecule has 1 heteroatoms. The van der Waals surface area contributed by atoms with Crippen LogP contribution in [0.1, 0.15) is 59.3 Å². The molecular formula is C20H35N. The topological polar surface area (TPSA) is 3.24 Å². The van der Waals surface area contributed by atoms with Crippen LogP contribution in [-0.2, 0) is 0 Å². The van der Waals surface area contributed by atoms with Gasteiger partial charge in [0, 0.05) is 18.6 Å². The van der Waals surface area contributed by atoms with Gasteiger partial charge in [-0.05, 0) is 59.3 Å². The average molecular weight is 290 g/mol. The van der Waals surface area contributed by atoms with Crippen LogP contribution in [0.25, 0.3) is 0 Å². The molecule has 0 saturated heterocycles. The van der Waals surface area contributed by atoms with Crippen LogP contribution < -0.4 is 0 Å². The summed E-state index contributed by atoms with van der Waals surface area (Å²) in [6.07, 6.45) is 20.1. The molecule has 0 aliphatic heterocycles. The zero-order chi connectivity index (χ0) is 16.0. The molecule has 0 aliphatic rings. The van der Waals surface area contributed by atoms with E-state index in [-0.39, 0.29) is 5.54 Å². The van der Waals surface area contributed by atoms with Crippen molar-refractivity contribution in [3.63, 3.8) is 0 Å². The van der Waals surface area contributed by atoms with Crippen LogP contribution in [0.4, 0.5) is 0 Å². The lowest BCUT2D eigenvalue weighted by Crippen LogP contribution is -2.41. The minimum atomic E-state index is 0.205. The first-order valence-corrected chi connectivity index (χ1v) is 8.29. The molecule has 0 fully saturated rings. The largest absolute Gasteiger partial charge is 0.291 e. The Morgan fingerprint density at radius 3 is 1.48 bits per heavy atom. The molecule has 0 heterocycles. The highest BCUT2D eigenvalue weighted by molar-refractivity contribution is 4.94. The summed E-state index contributed by atoms with van der Waals surface area (Å²) in [6, 6.07) is 0. The van der Waals surface area contributed by atoms with Crippen molar-refractivity contribution in [2.24, 2.45) is 0 Å². The molecule has 21 heavy (non-hydrogen) atoms. The molecule has 0 unspecified atom stereocenters. The van der Waals surface area contributed by atoms with Gasteiger partial charge in [0.2, 0.25) is 0 Å². The number of rotatable bonds is 12. The predicted molar refractivity (Wildman–Crippen MR) is 97.7 cm³/mol. The van der Waals surface area contributed by atoms with Crippen LogP contribution in [0.15, 0.2) is 49.6 Å². The summed E-state index contributed by atoms with van der Waals surface area (Å²) in [5, 5.41) is 0. The van der Waals surface area contributed by atoms with Crippen molar-refractivity contribution in [2.45, 2.75) is 64.8 Å². The van der Waals surface area contributed by atoms with Gasteiger partial charge in [-0.25, -0.2) is 0 Å². The SMILES string of the molecule is C=CCCC/C=C/CN(C/C=C/CCCC=C)C(C)(C)C. The third-order valence-corrected chi connectivity index (χ3v) is 3.49. The van der Waals surface area contributed by atoms with E-state index in [1.54, 1.807) is 0 Å². The first-order valence-electron chi connectivity index (χ1n) is 8.29. The first-order chi connectivity index (χ1) is 10.0. The van der Waals surface area contributed by atoms with Crippen LogP contribution in [0, 0.1) is 0 Å². The van der Waals surface area contributed by atoms with Gasteiger partial charge in [0.05, 0.1) is 0 Å². The van der Waals surface area contributed by atoms with Crippen LogP contribution >= 0.6 is 0 Å². The maximum Gasteiger partial charge on any atom is 0.0171 e. The second kappa shape index (κ2) is 12.6. The maximum absolute atomic E-state index is 3.75. The lowest BCUT2D eigenvalue weighted by molar-refractivity contribution is 0.172. The van der Waals surface area contributed by atoms with E-state index in [9.17, 15) is 0 Å². The second-order valence-corrected chi connectivity index (χ2v) is 6.46. The molecule has 0 N–H and O–H groups in total. The molecule has 0 spiro atoms. The molecule has 0 bridgehead atoms. The van der Waals surface area contributed by atoms with Crippen molar-refractivity contribution >= 4 is 0 Å². The molecule has 1 nitrogen and oxygen atoms in total. The Morgan fingerprint density at radius 1 is 0.714 bits per heavy atom. The summed E-state index contributed by atoms with van der Waals surface area (Å²) >= 11 is 0. The molecular weight excluding hydrogens is 254 g/mol. The summed E-state index contributed by atoms with van der Waals surface area (Å²) in [5.41, 5.74) is 0.205. The van der Waals surface area contributed by atoms with Crippen LogP contribution in [0.2, 0.25) is 0 Å². The van der Waals surface area contributed by atoms with Crippen LogP contribution in [0.5, 0.6) is 0 Å². The number of hydrogen-bond acceptors (Lipinski definition) is 1. The van der Waals surface area contributed by atoms with Gasteiger partial charge in [0.25, 0.3) is 0 Å². The molecule has 0 aromatic heterocycles. The standard InChI is InChI=1S/C20H35N/c1-6-8-10-12-14-16-18-21(20(3,4)5)19-17-15-13-11-9-7-2/h6-7,14-17H,1-2,8-13,18-19H2,3-5H3/b16-14+,17-15+. The molecule has 120 valence electrons. The summed E-state index contributed by atoms with van der Waals surface area (Å²) in [5.74, 6) is 0. The molecule has 0 radical (unpaired) electrons. The van der Waals surface area contributed by atoms with E-state index in [2.05, 4.69) is 63.1 Å². The summed E-state index contributed by atoms with van der Waals surface area (Å²) < 4.78 is 0. The molecule has 0 aromatic rings. The van der Waals surface area contributed by atoms with Crippen molar-refractivity contribution in [1.29, 1.82) is 0 Å². The van der Waals surface area contributed by atoms with E-state index >= 15 is 0 Å². The predicted octanol–water partition coefficient (Wildman–Crippen LogP) is 5.91. The quantitative estimate of drug-likeness (QED) is 0.319. The Labute approximate surface area is 133 Å². The lowest BCUT2D eigenvalue weighted by Gasteiger charge is -2.34. The summed E-state index contributed by atoms with van der Waals surface area (Å²) in [7, 11) is 0. The monoisotopic (exact) mass is 289 g/mol. The van der Waals surface area contributed by atoms with Crippen molar-refractivity contribution in [2.75, 3.05) is 13.1 Å². The summed E-state index contributed by atoms with van der Waals surface area (Å²) in [6.45, 7) is 16.4. The van der Waals surface area contributed by atoms with Gasteiger partial charge in [-0.15, -0.1) is 13.2 Å². The van der Waals surface area contributed by atoms with E-state index in [1.165, 1.54) is 12.8 Å². The normalized spacial score (nSPS) is 12.6. The lowest BCUT2D eigenvalue weighted by atomic mass is 10.1. The molecule has 0 aliphatic carbocycles. The Bertz CT molecular complexity index is 291. The van der Waals surface area contributed by atoms with Crippen molar-refractivity contribution < 1.29 is 0 Å². The average Bonchev–Trinajstić information content (AvgIpc) is 2.42. The van der Waals surface area contributed by atoms with Crippen molar-refractivity contribution in [3.05, 3.63) is 49.6 Å². The van der Waals surface area contributed by atoms with Crippen molar-refractivity contribution in [1.82, 2.24) is 4.90 Å². The molecule has 0 saturated carbocycles. The number of hydrogen-bond donors (Lipinski definition) is 0. The van der Waals surface area contributed by atoms with Gasteiger partial charge < -0.3 is 0 Å². The Morgan fingerprint density at radius 2 is 1.14 bits per heavy atom. The van der Waals surface area contributed by atoms with Crippen LogP contribution in [-0.4, -0.2) is 23.5 Å². The van der Waals surface area contributed by atoms with Crippen molar-refractivity contribution in [3.8, 4) is 0 Å². The fraction of sp³-hybridized carbons (Fsp3) is 0.600. The van der Waals surface area contributed by atoms with Gasteiger partial charge in [-0.3, -0.25) is 4.90 Å². The summed E-state index contributed by atoms with van der Waals surface area (Å²) in [4.78, 5) is 2.50. The minimum Gasteiger partial charge on any atom is -0.291 e.